The highest BCUT2D eigenvalue weighted by atomic mass is 15.0. The second-order valence-corrected chi connectivity index (χ2v) is 3.77. The van der Waals surface area contributed by atoms with Gasteiger partial charge in [0.25, 0.3) is 0 Å². The Morgan fingerprint density at radius 3 is 2.33 bits per heavy atom. The van der Waals surface area contributed by atoms with Crippen molar-refractivity contribution in [2.75, 3.05) is 0 Å². The molecule has 2 fully saturated rings. The van der Waals surface area contributed by atoms with Crippen LogP contribution in [0.4, 0.5) is 0 Å². The monoisotopic (exact) mass is 125 g/mol. The first-order chi connectivity index (χ1) is 4.27. The number of fused-ring (bicyclic) bond motifs is 2. The van der Waals surface area contributed by atoms with Gasteiger partial charge in [0.2, 0.25) is 0 Å². The van der Waals surface area contributed by atoms with Crippen molar-refractivity contribution in [1.82, 2.24) is 5.32 Å². The zero-order valence-corrected chi connectivity index (χ0v) is 6.22. The molecule has 1 heteroatoms. The number of hydrogen-bond donors (Lipinski definition) is 1. The van der Waals surface area contributed by atoms with Crippen molar-refractivity contribution in [3.8, 4) is 0 Å². The summed E-state index contributed by atoms with van der Waals surface area (Å²) >= 11 is 0. The Hall–Kier alpha value is -0.0400. The van der Waals surface area contributed by atoms with E-state index in [1.54, 1.807) is 0 Å². The van der Waals surface area contributed by atoms with Gasteiger partial charge < -0.3 is 5.32 Å². The maximum atomic E-state index is 3.60. The largest absolute Gasteiger partial charge is 0.311 e. The van der Waals surface area contributed by atoms with E-state index < -0.39 is 0 Å². The molecule has 1 aliphatic carbocycles. The summed E-state index contributed by atoms with van der Waals surface area (Å²) in [4.78, 5) is 0. The van der Waals surface area contributed by atoms with Crippen molar-refractivity contribution in [2.24, 2.45) is 11.8 Å². The van der Waals surface area contributed by atoms with Gasteiger partial charge in [0.05, 0.1) is 0 Å². The fraction of sp³-hybridized carbons (Fsp3) is 1.00. The van der Waals surface area contributed by atoms with Crippen LogP contribution in [-0.4, -0.2) is 12.1 Å². The standard InChI is InChI=1S/C8H15N/c1-5-3-7-4-8(5)9-6(7)2/h5-9H,3-4H2,1-2H3/t5?,6-,7?,8?/m1/s1. The SMILES string of the molecule is CC1CC2CC1N[C@@H]2C. The zero-order valence-electron chi connectivity index (χ0n) is 6.22. The lowest BCUT2D eigenvalue weighted by atomic mass is 9.97. The Morgan fingerprint density at radius 2 is 2.00 bits per heavy atom. The first kappa shape index (κ1) is 5.72. The van der Waals surface area contributed by atoms with Gasteiger partial charge in [-0.25, -0.2) is 0 Å². The van der Waals surface area contributed by atoms with Crippen LogP contribution in [0.15, 0.2) is 0 Å². The minimum absolute atomic E-state index is 0.811. The first-order valence-electron chi connectivity index (χ1n) is 4.03. The van der Waals surface area contributed by atoms with Crippen molar-refractivity contribution < 1.29 is 0 Å². The highest BCUT2D eigenvalue weighted by Gasteiger charge is 2.40. The number of rotatable bonds is 0. The molecule has 0 amide bonds. The average Bonchev–Trinajstić information content (AvgIpc) is 2.24. The predicted molar refractivity (Wildman–Crippen MR) is 38.3 cm³/mol. The van der Waals surface area contributed by atoms with Gasteiger partial charge in [0, 0.05) is 12.1 Å². The third-order valence-corrected chi connectivity index (χ3v) is 3.10. The van der Waals surface area contributed by atoms with Gasteiger partial charge in [-0.05, 0) is 31.6 Å². The summed E-state index contributed by atoms with van der Waals surface area (Å²) in [5, 5.41) is 3.60. The van der Waals surface area contributed by atoms with Crippen LogP contribution in [0.5, 0.6) is 0 Å². The Balaban J connectivity index is 2.10. The van der Waals surface area contributed by atoms with Gasteiger partial charge in [-0.2, -0.15) is 0 Å². The highest BCUT2D eigenvalue weighted by molar-refractivity contribution is 4.98. The normalized spacial score (nSPS) is 56.7. The van der Waals surface area contributed by atoms with E-state index in [0.29, 0.717) is 0 Å². The van der Waals surface area contributed by atoms with E-state index in [-0.39, 0.29) is 0 Å². The lowest BCUT2D eigenvalue weighted by Gasteiger charge is -2.23. The van der Waals surface area contributed by atoms with E-state index in [9.17, 15) is 0 Å². The lowest BCUT2D eigenvalue weighted by molar-refractivity contribution is 0.330. The first-order valence-corrected chi connectivity index (χ1v) is 4.03. The maximum absolute atomic E-state index is 3.60. The van der Waals surface area contributed by atoms with Gasteiger partial charge in [-0.15, -0.1) is 0 Å². The van der Waals surface area contributed by atoms with E-state index in [1.807, 2.05) is 0 Å². The second kappa shape index (κ2) is 1.72. The molecule has 4 atom stereocenters. The summed E-state index contributed by atoms with van der Waals surface area (Å²) in [5.41, 5.74) is 0. The number of nitrogens with one attached hydrogen (secondary N) is 1. The van der Waals surface area contributed by atoms with Crippen LogP contribution in [0.2, 0.25) is 0 Å². The van der Waals surface area contributed by atoms with E-state index >= 15 is 0 Å². The fourth-order valence-electron chi connectivity index (χ4n) is 2.41. The van der Waals surface area contributed by atoms with Crippen LogP contribution in [-0.2, 0) is 0 Å². The summed E-state index contributed by atoms with van der Waals surface area (Å²) in [6, 6.07) is 1.68. The van der Waals surface area contributed by atoms with Crippen molar-refractivity contribution in [3.63, 3.8) is 0 Å². The van der Waals surface area contributed by atoms with Crippen molar-refractivity contribution in [1.29, 1.82) is 0 Å². The minimum Gasteiger partial charge on any atom is -0.311 e. The Labute approximate surface area is 56.8 Å². The van der Waals surface area contributed by atoms with Crippen LogP contribution >= 0.6 is 0 Å². The van der Waals surface area contributed by atoms with Crippen LogP contribution < -0.4 is 5.32 Å². The molecule has 1 saturated heterocycles. The molecule has 0 aromatic rings. The lowest BCUT2D eigenvalue weighted by Crippen LogP contribution is -2.37. The molecule has 1 N–H and O–H groups in total. The molecule has 0 spiro atoms. The smallest absolute Gasteiger partial charge is 0.00986 e. The number of piperidine rings is 1. The molecule has 0 radical (unpaired) electrons. The summed E-state index contributed by atoms with van der Waals surface area (Å²) < 4.78 is 0. The summed E-state index contributed by atoms with van der Waals surface area (Å²) in [5.74, 6) is 1.95. The van der Waals surface area contributed by atoms with Gasteiger partial charge in [0.15, 0.2) is 0 Å². The predicted octanol–water partition coefficient (Wildman–Crippen LogP) is 1.39. The minimum atomic E-state index is 0.811. The van der Waals surface area contributed by atoms with Crippen LogP contribution in [0, 0.1) is 11.8 Å². The van der Waals surface area contributed by atoms with Crippen LogP contribution in [0.3, 0.4) is 0 Å². The van der Waals surface area contributed by atoms with Gasteiger partial charge in [-0.3, -0.25) is 0 Å². The topological polar surface area (TPSA) is 12.0 Å². The molecule has 2 bridgehead atoms. The Morgan fingerprint density at radius 1 is 1.22 bits per heavy atom. The van der Waals surface area contributed by atoms with E-state index in [2.05, 4.69) is 19.2 Å². The molecule has 52 valence electrons. The van der Waals surface area contributed by atoms with Crippen LogP contribution in [0.1, 0.15) is 26.7 Å². The maximum Gasteiger partial charge on any atom is 0.00986 e. The average molecular weight is 125 g/mol. The molecular weight excluding hydrogens is 110 g/mol. The Bertz CT molecular complexity index is 104. The van der Waals surface area contributed by atoms with Crippen molar-refractivity contribution in [2.45, 2.75) is 38.8 Å². The Kier molecular flexibility index (Phi) is 1.10. The van der Waals surface area contributed by atoms with Gasteiger partial charge >= 0.3 is 0 Å². The third-order valence-electron chi connectivity index (χ3n) is 3.10. The molecule has 1 heterocycles. The van der Waals surface area contributed by atoms with E-state index in [4.69, 9.17) is 0 Å². The summed E-state index contributed by atoms with van der Waals surface area (Å²) in [7, 11) is 0. The second-order valence-electron chi connectivity index (χ2n) is 3.77. The molecular formula is C8H15N. The zero-order chi connectivity index (χ0) is 6.43. The number of hydrogen-bond acceptors (Lipinski definition) is 1. The molecule has 1 saturated carbocycles. The van der Waals surface area contributed by atoms with Gasteiger partial charge in [-0.1, -0.05) is 6.92 Å². The molecule has 0 aromatic carbocycles. The molecule has 2 rings (SSSR count). The summed E-state index contributed by atoms with van der Waals surface area (Å²) in [6.45, 7) is 4.68. The summed E-state index contributed by atoms with van der Waals surface area (Å²) in [6.07, 6.45) is 2.92. The van der Waals surface area contributed by atoms with Crippen LogP contribution in [0.25, 0.3) is 0 Å². The van der Waals surface area contributed by atoms with Crippen molar-refractivity contribution >= 4 is 0 Å². The molecule has 3 unspecified atom stereocenters. The molecule has 0 aromatic heterocycles. The molecule has 2 aliphatic rings. The molecule has 1 nitrogen and oxygen atoms in total. The highest BCUT2D eigenvalue weighted by Crippen LogP contribution is 2.38. The van der Waals surface area contributed by atoms with Crippen molar-refractivity contribution in [3.05, 3.63) is 0 Å². The molecule has 9 heavy (non-hydrogen) atoms. The van der Waals surface area contributed by atoms with Gasteiger partial charge in [0.1, 0.15) is 0 Å². The molecule has 1 aliphatic heterocycles. The van der Waals surface area contributed by atoms with E-state index in [0.717, 1.165) is 23.9 Å². The quantitative estimate of drug-likeness (QED) is 0.516. The third kappa shape index (κ3) is 0.710. The fourth-order valence-corrected chi connectivity index (χ4v) is 2.41. The van der Waals surface area contributed by atoms with E-state index in [1.165, 1.54) is 12.8 Å².